The number of rotatable bonds is 4. The van der Waals surface area contributed by atoms with Gasteiger partial charge in [-0.05, 0) is 43.0 Å². The van der Waals surface area contributed by atoms with Crippen LogP contribution in [0.2, 0.25) is 0 Å². The predicted molar refractivity (Wildman–Crippen MR) is 86.0 cm³/mol. The van der Waals surface area contributed by atoms with Crippen LogP contribution in [0, 0.1) is 5.92 Å². The lowest BCUT2D eigenvalue weighted by atomic mass is 10.0. The maximum atomic E-state index is 12.6. The van der Waals surface area contributed by atoms with Gasteiger partial charge in [-0.1, -0.05) is 15.9 Å². The van der Waals surface area contributed by atoms with E-state index in [1.807, 2.05) is 0 Å². The van der Waals surface area contributed by atoms with Crippen molar-refractivity contribution in [2.24, 2.45) is 5.92 Å². The van der Waals surface area contributed by atoms with Crippen LogP contribution >= 0.6 is 15.9 Å². The highest BCUT2D eigenvalue weighted by Gasteiger charge is 2.29. The van der Waals surface area contributed by atoms with Crippen molar-refractivity contribution in [3.05, 3.63) is 24.3 Å². The van der Waals surface area contributed by atoms with Gasteiger partial charge in [0.15, 0.2) is 0 Å². The number of nitrogens with one attached hydrogen (secondary N) is 1. The summed E-state index contributed by atoms with van der Waals surface area (Å²) in [6.07, 6.45) is 1.94. The fourth-order valence-corrected chi connectivity index (χ4v) is 4.52. The number of carbonyl (C=O) groups is 1. The van der Waals surface area contributed by atoms with Crippen molar-refractivity contribution in [1.82, 2.24) is 4.31 Å². The minimum atomic E-state index is -3.45. The molecule has 1 atom stereocenters. The molecule has 1 N–H and O–H groups in total. The second-order valence-electron chi connectivity index (χ2n) is 5.23. The third kappa shape index (κ3) is 4.05. The number of amides is 1. The Bertz CT molecular complexity index is 601. The van der Waals surface area contributed by atoms with Crippen LogP contribution in [0.25, 0.3) is 0 Å². The lowest BCUT2D eigenvalue weighted by Gasteiger charge is -2.31. The zero-order chi connectivity index (χ0) is 15.5. The quantitative estimate of drug-likeness (QED) is 0.823. The standard InChI is InChI=1S/C14H19BrN2O3S/c1-11(18)16-13-4-6-14(7-5-13)21(19,20)17-8-2-3-12(9-15)10-17/h4-7,12H,2-3,8-10H2,1H3,(H,16,18). The van der Waals surface area contributed by atoms with Crippen LogP contribution in [-0.4, -0.2) is 37.0 Å². The fraction of sp³-hybridized carbons (Fsp3) is 0.500. The van der Waals surface area contributed by atoms with Crippen LogP contribution < -0.4 is 5.32 Å². The summed E-state index contributed by atoms with van der Waals surface area (Å²) in [6.45, 7) is 2.54. The molecule has 1 unspecified atom stereocenters. The van der Waals surface area contributed by atoms with E-state index in [4.69, 9.17) is 0 Å². The van der Waals surface area contributed by atoms with Crippen molar-refractivity contribution in [2.75, 3.05) is 23.7 Å². The maximum Gasteiger partial charge on any atom is 0.243 e. The van der Waals surface area contributed by atoms with Crippen LogP contribution in [-0.2, 0) is 14.8 Å². The van der Waals surface area contributed by atoms with Gasteiger partial charge in [0.05, 0.1) is 4.90 Å². The second kappa shape index (κ2) is 6.89. The summed E-state index contributed by atoms with van der Waals surface area (Å²) in [5.74, 6) is 0.189. The average Bonchev–Trinajstić information content (AvgIpc) is 2.47. The van der Waals surface area contributed by atoms with Gasteiger partial charge in [0.2, 0.25) is 15.9 Å². The van der Waals surface area contributed by atoms with Crippen LogP contribution in [0.15, 0.2) is 29.2 Å². The molecular formula is C14H19BrN2O3S. The minimum absolute atomic E-state index is 0.179. The van der Waals surface area contributed by atoms with Gasteiger partial charge < -0.3 is 5.32 Å². The molecule has 2 rings (SSSR count). The van der Waals surface area contributed by atoms with Gasteiger partial charge >= 0.3 is 0 Å². The van der Waals surface area contributed by atoms with Crippen molar-refractivity contribution in [1.29, 1.82) is 0 Å². The zero-order valence-corrected chi connectivity index (χ0v) is 14.3. The van der Waals surface area contributed by atoms with E-state index in [9.17, 15) is 13.2 Å². The number of carbonyl (C=O) groups excluding carboxylic acids is 1. The molecule has 1 amide bonds. The number of piperidine rings is 1. The van der Waals surface area contributed by atoms with Crippen molar-refractivity contribution >= 4 is 37.5 Å². The molecule has 1 heterocycles. The Kier molecular flexibility index (Phi) is 5.40. The molecule has 0 spiro atoms. The highest BCUT2D eigenvalue weighted by molar-refractivity contribution is 9.09. The first-order chi connectivity index (χ1) is 9.93. The minimum Gasteiger partial charge on any atom is -0.326 e. The summed E-state index contributed by atoms with van der Waals surface area (Å²) in [5, 5.41) is 3.45. The van der Waals surface area contributed by atoms with Gasteiger partial charge in [0.25, 0.3) is 0 Å². The molecule has 1 aromatic carbocycles. The Morgan fingerprint density at radius 2 is 2.05 bits per heavy atom. The summed E-state index contributed by atoms with van der Waals surface area (Å²) >= 11 is 3.43. The topological polar surface area (TPSA) is 66.5 Å². The molecule has 1 aliphatic rings. The largest absolute Gasteiger partial charge is 0.326 e. The fourth-order valence-electron chi connectivity index (χ4n) is 2.43. The molecule has 1 aromatic rings. The number of alkyl halides is 1. The van der Waals surface area contributed by atoms with Crippen LogP contribution in [0.4, 0.5) is 5.69 Å². The maximum absolute atomic E-state index is 12.6. The van der Waals surface area contributed by atoms with Gasteiger partial charge in [-0.15, -0.1) is 0 Å². The van der Waals surface area contributed by atoms with Crippen LogP contribution in [0.3, 0.4) is 0 Å². The molecule has 21 heavy (non-hydrogen) atoms. The molecule has 1 saturated heterocycles. The van der Waals surface area contributed by atoms with Crippen molar-refractivity contribution in [3.63, 3.8) is 0 Å². The molecule has 116 valence electrons. The summed E-state index contributed by atoms with van der Waals surface area (Å²) < 4.78 is 26.8. The molecule has 1 fully saturated rings. The Labute approximate surface area is 133 Å². The molecule has 7 heteroatoms. The van der Waals surface area contributed by atoms with E-state index < -0.39 is 10.0 Å². The van der Waals surface area contributed by atoms with E-state index in [0.717, 1.165) is 18.2 Å². The predicted octanol–water partition coefficient (Wildman–Crippen LogP) is 2.44. The molecule has 0 saturated carbocycles. The zero-order valence-electron chi connectivity index (χ0n) is 11.9. The van der Waals surface area contributed by atoms with Crippen LogP contribution in [0.1, 0.15) is 19.8 Å². The van der Waals surface area contributed by atoms with E-state index in [0.29, 0.717) is 24.7 Å². The Morgan fingerprint density at radius 1 is 1.38 bits per heavy atom. The number of hydrogen-bond acceptors (Lipinski definition) is 3. The number of halogens is 1. The van der Waals surface area contributed by atoms with E-state index in [-0.39, 0.29) is 10.8 Å². The molecule has 1 aliphatic heterocycles. The van der Waals surface area contributed by atoms with Crippen molar-refractivity contribution in [3.8, 4) is 0 Å². The molecular weight excluding hydrogens is 356 g/mol. The molecule has 0 aliphatic carbocycles. The first kappa shape index (κ1) is 16.5. The molecule has 0 radical (unpaired) electrons. The second-order valence-corrected chi connectivity index (χ2v) is 7.82. The SMILES string of the molecule is CC(=O)Nc1ccc(S(=O)(=O)N2CCCC(CBr)C2)cc1. The summed E-state index contributed by atoms with van der Waals surface area (Å²) in [6, 6.07) is 6.30. The number of sulfonamides is 1. The summed E-state index contributed by atoms with van der Waals surface area (Å²) in [7, 11) is -3.45. The smallest absolute Gasteiger partial charge is 0.243 e. The first-order valence-corrected chi connectivity index (χ1v) is 9.43. The Morgan fingerprint density at radius 3 is 2.62 bits per heavy atom. The number of anilines is 1. The Hall–Kier alpha value is -0.920. The normalized spacial score (nSPS) is 20.2. The Balaban J connectivity index is 2.17. The van der Waals surface area contributed by atoms with Gasteiger partial charge in [0, 0.05) is 31.0 Å². The summed E-state index contributed by atoms with van der Waals surface area (Å²) in [5.41, 5.74) is 0.596. The van der Waals surface area contributed by atoms with Crippen molar-refractivity contribution in [2.45, 2.75) is 24.7 Å². The van der Waals surface area contributed by atoms with Gasteiger partial charge in [-0.2, -0.15) is 4.31 Å². The van der Waals surface area contributed by atoms with Crippen LogP contribution in [0.5, 0.6) is 0 Å². The van der Waals surface area contributed by atoms with E-state index in [1.54, 1.807) is 28.6 Å². The summed E-state index contributed by atoms with van der Waals surface area (Å²) in [4.78, 5) is 11.2. The average molecular weight is 375 g/mol. The highest BCUT2D eigenvalue weighted by atomic mass is 79.9. The molecule has 0 bridgehead atoms. The third-order valence-electron chi connectivity index (χ3n) is 3.51. The van der Waals surface area contributed by atoms with Gasteiger partial charge in [0.1, 0.15) is 0 Å². The van der Waals surface area contributed by atoms with Crippen molar-refractivity contribution < 1.29 is 13.2 Å². The first-order valence-electron chi connectivity index (χ1n) is 6.87. The van der Waals surface area contributed by atoms with E-state index >= 15 is 0 Å². The number of benzene rings is 1. The molecule has 0 aromatic heterocycles. The lowest BCUT2D eigenvalue weighted by Crippen LogP contribution is -2.40. The van der Waals surface area contributed by atoms with Gasteiger partial charge in [-0.25, -0.2) is 8.42 Å². The lowest BCUT2D eigenvalue weighted by molar-refractivity contribution is -0.114. The third-order valence-corrected chi connectivity index (χ3v) is 6.31. The molecule has 5 nitrogen and oxygen atoms in total. The van der Waals surface area contributed by atoms with E-state index in [1.165, 1.54) is 6.92 Å². The van der Waals surface area contributed by atoms with Gasteiger partial charge in [-0.3, -0.25) is 4.79 Å². The number of hydrogen-bond donors (Lipinski definition) is 1. The van der Waals surface area contributed by atoms with E-state index in [2.05, 4.69) is 21.2 Å². The monoisotopic (exact) mass is 374 g/mol. The number of nitrogens with zero attached hydrogens (tertiary/aromatic N) is 1. The highest BCUT2D eigenvalue weighted by Crippen LogP contribution is 2.25.